The van der Waals surface area contributed by atoms with Crippen molar-refractivity contribution >= 4 is 16.9 Å². The third-order valence-corrected chi connectivity index (χ3v) is 3.60. The summed E-state index contributed by atoms with van der Waals surface area (Å²) in [6.45, 7) is 4.96. The number of nitrogens with zero attached hydrogens (tertiary/aromatic N) is 3. The van der Waals surface area contributed by atoms with E-state index in [-0.39, 0.29) is 0 Å². The Hall–Kier alpha value is -2.30. The number of nitrogen functional groups attached to an aromatic ring is 1. The van der Waals surface area contributed by atoms with E-state index in [0.29, 0.717) is 5.82 Å². The van der Waals surface area contributed by atoms with E-state index in [0.717, 1.165) is 35.3 Å². The molecule has 98 valence electrons. The van der Waals surface area contributed by atoms with Crippen molar-refractivity contribution in [3.8, 4) is 0 Å². The van der Waals surface area contributed by atoms with Gasteiger partial charge in [-0.15, -0.1) is 0 Å². The normalized spacial score (nSPS) is 11.3. The van der Waals surface area contributed by atoms with E-state index in [1.54, 1.807) is 6.26 Å². The molecule has 0 aliphatic rings. The summed E-state index contributed by atoms with van der Waals surface area (Å²) < 4.78 is 7.54. The van der Waals surface area contributed by atoms with Crippen LogP contribution in [0.2, 0.25) is 0 Å². The zero-order valence-electron chi connectivity index (χ0n) is 11.1. The number of fused-ring (bicyclic) bond motifs is 1. The Morgan fingerprint density at radius 2 is 2.16 bits per heavy atom. The molecule has 3 rings (SSSR count). The molecule has 3 aromatic heterocycles. The smallest absolute Gasteiger partial charge is 0.145 e. The molecular formula is C14H16N4O. The lowest BCUT2D eigenvalue weighted by atomic mass is 10.2. The van der Waals surface area contributed by atoms with Crippen LogP contribution in [0, 0.1) is 13.8 Å². The summed E-state index contributed by atoms with van der Waals surface area (Å²) >= 11 is 0. The summed E-state index contributed by atoms with van der Waals surface area (Å²) in [6, 6.07) is 3.89. The number of aryl methyl sites for hydroxylation is 3. The van der Waals surface area contributed by atoms with Crippen molar-refractivity contribution in [1.29, 1.82) is 0 Å². The Kier molecular flexibility index (Phi) is 2.74. The molecule has 0 amide bonds. The Labute approximate surface area is 111 Å². The van der Waals surface area contributed by atoms with Gasteiger partial charge in [-0.25, -0.2) is 9.97 Å². The molecule has 0 aliphatic carbocycles. The largest absolute Gasteiger partial charge is 0.469 e. The maximum absolute atomic E-state index is 5.95. The minimum absolute atomic E-state index is 0.544. The van der Waals surface area contributed by atoms with Gasteiger partial charge in [-0.1, -0.05) is 0 Å². The Bertz CT molecular complexity index is 713. The number of anilines is 1. The summed E-state index contributed by atoms with van der Waals surface area (Å²) in [6.07, 6.45) is 4.04. The SMILES string of the molecule is Cc1c(C)n(CCc2ccco2)c2ncnc(N)c12. The summed E-state index contributed by atoms with van der Waals surface area (Å²) in [5.74, 6) is 1.52. The second kappa shape index (κ2) is 4.42. The number of nitrogens with two attached hydrogens (primary N) is 1. The van der Waals surface area contributed by atoms with E-state index >= 15 is 0 Å². The van der Waals surface area contributed by atoms with E-state index in [4.69, 9.17) is 10.2 Å². The van der Waals surface area contributed by atoms with Crippen molar-refractivity contribution < 1.29 is 4.42 Å². The highest BCUT2D eigenvalue weighted by atomic mass is 16.3. The van der Waals surface area contributed by atoms with E-state index in [9.17, 15) is 0 Å². The van der Waals surface area contributed by atoms with Crippen LogP contribution < -0.4 is 5.73 Å². The topological polar surface area (TPSA) is 69.9 Å². The zero-order valence-corrected chi connectivity index (χ0v) is 11.1. The van der Waals surface area contributed by atoms with E-state index in [1.165, 1.54) is 12.0 Å². The standard InChI is InChI=1S/C14H16N4O/c1-9-10(2)18(6-5-11-4-3-7-19-11)14-12(9)13(15)16-8-17-14/h3-4,7-8H,5-6H2,1-2H3,(H2,15,16,17). The molecule has 0 atom stereocenters. The van der Waals surface area contributed by atoms with Gasteiger partial charge in [0.2, 0.25) is 0 Å². The first-order valence-corrected chi connectivity index (χ1v) is 6.26. The summed E-state index contributed by atoms with van der Waals surface area (Å²) in [5, 5.41) is 0.958. The highest BCUT2D eigenvalue weighted by molar-refractivity contribution is 5.90. The molecule has 0 bridgehead atoms. The third-order valence-electron chi connectivity index (χ3n) is 3.60. The maximum atomic E-state index is 5.95. The highest BCUT2D eigenvalue weighted by Crippen LogP contribution is 2.27. The molecule has 0 aliphatic heterocycles. The molecule has 2 N–H and O–H groups in total. The van der Waals surface area contributed by atoms with Crippen molar-refractivity contribution in [3.63, 3.8) is 0 Å². The second-order valence-corrected chi connectivity index (χ2v) is 4.65. The van der Waals surface area contributed by atoms with Gasteiger partial charge in [-0.3, -0.25) is 0 Å². The van der Waals surface area contributed by atoms with Crippen LogP contribution in [0.5, 0.6) is 0 Å². The van der Waals surface area contributed by atoms with Crippen LogP contribution in [0.3, 0.4) is 0 Å². The predicted octanol–water partition coefficient (Wildman–Crippen LogP) is 2.47. The molecule has 0 spiro atoms. The lowest BCUT2D eigenvalue weighted by Gasteiger charge is -2.06. The highest BCUT2D eigenvalue weighted by Gasteiger charge is 2.14. The first-order chi connectivity index (χ1) is 9.18. The third kappa shape index (κ3) is 1.87. The number of rotatable bonds is 3. The van der Waals surface area contributed by atoms with Gasteiger partial charge in [0, 0.05) is 18.7 Å². The molecule has 5 heteroatoms. The molecule has 0 saturated heterocycles. The minimum atomic E-state index is 0.544. The monoisotopic (exact) mass is 256 g/mol. The van der Waals surface area contributed by atoms with Gasteiger partial charge in [0.1, 0.15) is 23.6 Å². The van der Waals surface area contributed by atoms with Gasteiger partial charge in [0.25, 0.3) is 0 Å². The summed E-state index contributed by atoms with van der Waals surface area (Å²) in [7, 11) is 0. The van der Waals surface area contributed by atoms with Crippen molar-refractivity contribution in [2.75, 3.05) is 5.73 Å². The van der Waals surface area contributed by atoms with E-state index < -0.39 is 0 Å². The molecule has 5 nitrogen and oxygen atoms in total. The summed E-state index contributed by atoms with van der Waals surface area (Å²) in [4.78, 5) is 8.43. The fraction of sp³-hybridized carbons (Fsp3) is 0.286. The van der Waals surface area contributed by atoms with Gasteiger partial charge < -0.3 is 14.7 Å². The van der Waals surface area contributed by atoms with Crippen molar-refractivity contribution in [2.45, 2.75) is 26.8 Å². The van der Waals surface area contributed by atoms with Gasteiger partial charge >= 0.3 is 0 Å². The Balaban J connectivity index is 2.03. The second-order valence-electron chi connectivity index (χ2n) is 4.65. The fourth-order valence-corrected chi connectivity index (χ4v) is 2.45. The lowest BCUT2D eigenvalue weighted by Crippen LogP contribution is -2.04. The minimum Gasteiger partial charge on any atom is -0.469 e. The van der Waals surface area contributed by atoms with Crippen molar-refractivity contribution in [1.82, 2.24) is 14.5 Å². The van der Waals surface area contributed by atoms with Gasteiger partial charge in [0.15, 0.2) is 0 Å². The Morgan fingerprint density at radius 3 is 2.89 bits per heavy atom. The van der Waals surface area contributed by atoms with Crippen molar-refractivity contribution in [3.05, 3.63) is 41.7 Å². The van der Waals surface area contributed by atoms with Crippen LogP contribution >= 0.6 is 0 Å². The van der Waals surface area contributed by atoms with E-state index in [2.05, 4.69) is 28.4 Å². The molecular weight excluding hydrogens is 240 g/mol. The first-order valence-electron chi connectivity index (χ1n) is 6.26. The van der Waals surface area contributed by atoms with Crippen LogP contribution in [-0.4, -0.2) is 14.5 Å². The van der Waals surface area contributed by atoms with Crippen LogP contribution in [0.4, 0.5) is 5.82 Å². The van der Waals surface area contributed by atoms with Crippen LogP contribution in [0.1, 0.15) is 17.0 Å². The Morgan fingerprint density at radius 1 is 1.32 bits per heavy atom. The number of hydrogen-bond donors (Lipinski definition) is 1. The average molecular weight is 256 g/mol. The van der Waals surface area contributed by atoms with Gasteiger partial charge in [-0.2, -0.15) is 0 Å². The number of furan rings is 1. The molecule has 3 heterocycles. The number of hydrogen-bond acceptors (Lipinski definition) is 4. The molecule has 0 radical (unpaired) electrons. The van der Waals surface area contributed by atoms with Crippen LogP contribution in [0.15, 0.2) is 29.1 Å². The molecule has 3 aromatic rings. The lowest BCUT2D eigenvalue weighted by molar-refractivity contribution is 0.491. The molecule has 0 saturated carbocycles. The fourth-order valence-electron chi connectivity index (χ4n) is 2.45. The van der Waals surface area contributed by atoms with Gasteiger partial charge in [0.05, 0.1) is 11.6 Å². The maximum Gasteiger partial charge on any atom is 0.145 e. The van der Waals surface area contributed by atoms with Crippen LogP contribution in [-0.2, 0) is 13.0 Å². The zero-order chi connectivity index (χ0) is 13.4. The number of aromatic nitrogens is 3. The molecule has 19 heavy (non-hydrogen) atoms. The molecule has 0 fully saturated rings. The van der Waals surface area contributed by atoms with E-state index in [1.807, 2.05) is 12.1 Å². The average Bonchev–Trinajstić information content (AvgIpc) is 2.98. The quantitative estimate of drug-likeness (QED) is 0.781. The van der Waals surface area contributed by atoms with Gasteiger partial charge in [-0.05, 0) is 31.5 Å². The first kappa shape index (κ1) is 11.8. The van der Waals surface area contributed by atoms with Crippen molar-refractivity contribution in [2.24, 2.45) is 0 Å². The summed E-state index contributed by atoms with van der Waals surface area (Å²) in [5.41, 5.74) is 9.16. The molecule has 0 aromatic carbocycles. The predicted molar refractivity (Wildman–Crippen MR) is 73.8 cm³/mol. The molecule has 0 unspecified atom stereocenters. The van der Waals surface area contributed by atoms with Crippen LogP contribution in [0.25, 0.3) is 11.0 Å².